The molecule has 7 heteroatoms. The smallest absolute Gasteiger partial charge is 0.320 e. The van der Waals surface area contributed by atoms with E-state index in [2.05, 4.69) is 15.0 Å². The van der Waals surface area contributed by atoms with Gasteiger partial charge in [-0.2, -0.15) is 9.97 Å². The molecule has 0 amide bonds. The van der Waals surface area contributed by atoms with E-state index in [9.17, 15) is 0 Å². The number of hydrogen-bond acceptors (Lipinski definition) is 7. The lowest BCUT2D eigenvalue weighted by atomic mass is 10.2. The van der Waals surface area contributed by atoms with Gasteiger partial charge in [0.05, 0.1) is 6.61 Å². The van der Waals surface area contributed by atoms with Crippen LogP contribution in [0.4, 0.5) is 11.6 Å². The van der Waals surface area contributed by atoms with E-state index in [1.165, 1.54) is 11.8 Å². The van der Waals surface area contributed by atoms with Crippen LogP contribution in [0.25, 0.3) is 0 Å². The van der Waals surface area contributed by atoms with Crippen LogP contribution in [-0.2, 0) is 6.42 Å². The Morgan fingerprint density at radius 1 is 1.14 bits per heavy atom. The molecule has 7 nitrogen and oxygen atoms in total. The van der Waals surface area contributed by atoms with Gasteiger partial charge >= 0.3 is 6.01 Å². The van der Waals surface area contributed by atoms with Crippen molar-refractivity contribution in [2.45, 2.75) is 13.3 Å². The van der Waals surface area contributed by atoms with Crippen molar-refractivity contribution in [3.8, 4) is 6.01 Å². The molecule has 3 rings (SSSR count). The van der Waals surface area contributed by atoms with Gasteiger partial charge in [0.25, 0.3) is 0 Å². The molecule has 0 aliphatic carbocycles. The van der Waals surface area contributed by atoms with E-state index in [0.29, 0.717) is 24.9 Å². The number of benzene rings is 1. The van der Waals surface area contributed by atoms with Crippen molar-refractivity contribution in [2.75, 3.05) is 31.3 Å². The largest absolute Gasteiger partial charge is 0.463 e. The maximum Gasteiger partial charge on any atom is 0.320 e. The van der Waals surface area contributed by atoms with Crippen molar-refractivity contribution in [3.63, 3.8) is 0 Å². The Morgan fingerprint density at radius 3 is 2.57 bits per heavy atom. The van der Waals surface area contributed by atoms with E-state index in [4.69, 9.17) is 15.9 Å². The highest BCUT2D eigenvalue weighted by Gasteiger charge is 2.05. The molecule has 0 aliphatic heterocycles. The summed E-state index contributed by atoms with van der Waals surface area (Å²) in [5.74, 6) is 1.12. The van der Waals surface area contributed by atoms with Gasteiger partial charge in [-0.3, -0.25) is 4.98 Å². The summed E-state index contributed by atoms with van der Waals surface area (Å²) in [4.78, 5) is 14.4. The van der Waals surface area contributed by atoms with Crippen molar-refractivity contribution in [2.24, 2.45) is 0 Å². The Hall–Kier alpha value is -3.48. The number of pyridine rings is 1. The van der Waals surface area contributed by atoms with Gasteiger partial charge in [0.2, 0.25) is 0 Å². The van der Waals surface area contributed by atoms with Gasteiger partial charge in [0, 0.05) is 46.1 Å². The van der Waals surface area contributed by atoms with Crippen LogP contribution < -0.4 is 15.4 Å². The maximum atomic E-state index is 6.92. The summed E-state index contributed by atoms with van der Waals surface area (Å²) in [7, 11) is 3.78. The van der Waals surface area contributed by atoms with Crippen molar-refractivity contribution in [3.05, 3.63) is 71.5 Å². The Bertz CT molecular complexity index is 889. The Kier molecular flexibility index (Phi) is 7.90. The predicted molar refractivity (Wildman–Crippen MR) is 115 cm³/mol. The van der Waals surface area contributed by atoms with Gasteiger partial charge in [-0.1, -0.05) is 35.9 Å². The van der Waals surface area contributed by atoms with Crippen LogP contribution in [0, 0.1) is 12.3 Å². The van der Waals surface area contributed by atoms with E-state index in [1.54, 1.807) is 12.3 Å². The second-order valence-electron chi connectivity index (χ2n) is 6.31. The minimum Gasteiger partial charge on any atom is -0.463 e. The van der Waals surface area contributed by atoms with Gasteiger partial charge in [0.1, 0.15) is 11.6 Å². The molecule has 0 saturated carbocycles. The fraction of sp³-hybridized carbons (Fsp3) is 0.238. The molecule has 0 bridgehead atoms. The highest BCUT2D eigenvalue weighted by molar-refractivity contribution is 5.76. The number of nitrogens with zero attached hydrogens (tertiary/aromatic N) is 4. The van der Waals surface area contributed by atoms with Gasteiger partial charge < -0.3 is 20.8 Å². The second kappa shape index (κ2) is 10.6. The zero-order valence-electron chi connectivity index (χ0n) is 16.5. The van der Waals surface area contributed by atoms with Crippen molar-refractivity contribution in [1.82, 2.24) is 15.0 Å². The van der Waals surface area contributed by atoms with Crippen LogP contribution in [0.2, 0.25) is 0 Å². The second-order valence-corrected chi connectivity index (χ2v) is 6.31. The summed E-state index contributed by atoms with van der Waals surface area (Å²) in [6.45, 7) is 2.49. The molecular weight excluding hydrogens is 352 g/mol. The van der Waals surface area contributed by atoms with Crippen LogP contribution in [0.3, 0.4) is 0 Å². The number of ether oxygens (including phenoxy) is 1. The SMILES string of the molecule is CN(C)c1cc(N)nc(OCCc2ccccn2)n1.Cc1cccc(C=N)c1.[HH]. The van der Waals surface area contributed by atoms with Crippen molar-refractivity contribution >= 4 is 17.9 Å². The first-order valence-electron chi connectivity index (χ1n) is 8.89. The van der Waals surface area contributed by atoms with Crippen LogP contribution in [0.15, 0.2) is 54.7 Å². The molecule has 0 aliphatic rings. The molecule has 28 heavy (non-hydrogen) atoms. The minimum atomic E-state index is 0. The third kappa shape index (κ3) is 7.03. The molecule has 0 fully saturated rings. The fourth-order valence-electron chi connectivity index (χ4n) is 2.28. The summed E-state index contributed by atoms with van der Waals surface area (Å²) < 4.78 is 5.51. The van der Waals surface area contributed by atoms with Crippen LogP contribution in [0.1, 0.15) is 18.2 Å². The lowest BCUT2D eigenvalue weighted by Crippen LogP contribution is -2.13. The Labute approximate surface area is 167 Å². The molecule has 0 spiro atoms. The number of hydrogen-bond donors (Lipinski definition) is 2. The molecule has 1 aromatic carbocycles. The molecule has 0 radical (unpaired) electrons. The normalized spacial score (nSPS) is 9.82. The summed E-state index contributed by atoms with van der Waals surface area (Å²) in [5.41, 5.74) is 8.85. The first-order valence-corrected chi connectivity index (χ1v) is 8.89. The number of aromatic nitrogens is 3. The number of nitrogens with one attached hydrogen (secondary N) is 1. The summed E-state index contributed by atoms with van der Waals surface area (Å²) in [6, 6.07) is 15.6. The monoisotopic (exact) mass is 380 g/mol. The van der Waals surface area contributed by atoms with Crippen molar-refractivity contribution < 1.29 is 6.16 Å². The van der Waals surface area contributed by atoms with E-state index >= 15 is 0 Å². The highest BCUT2D eigenvalue weighted by Crippen LogP contribution is 2.15. The average molecular weight is 380 g/mol. The lowest BCUT2D eigenvalue weighted by molar-refractivity contribution is 0.296. The third-order valence-corrected chi connectivity index (χ3v) is 3.69. The van der Waals surface area contributed by atoms with Crippen LogP contribution in [-0.4, -0.2) is 41.9 Å². The topological polar surface area (TPSA) is 101 Å². The average Bonchev–Trinajstić information content (AvgIpc) is 2.69. The Balaban J connectivity index is 0.000000355. The number of nitrogen functional groups attached to an aromatic ring is 1. The third-order valence-electron chi connectivity index (χ3n) is 3.69. The quantitative estimate of drug-likeness (QED) is 0.636. The number of rotatable bonds is 6. The van der Waals surface area contributed by atoms with Gasteiger partial charge in [-0.05, 0) is 24.6 Å². The fourth-order valence-corrected chi connectivity index (χ4v) is 2.28. The van der Waals surface area contributed by atoms with E-state index < -0.39 is 0 Å². The number of nitrogens with two attached hydrogens (primary N) is 1. The molecule has 2 heterocycles. The molecule has 3 aromatic rings. The zero-order valence-corrected chi connectivity index (χ0v) is 16.5. The molecule has 148 valence electrons. The Morgan fingerprint density at radius 2 is 1.96 bits per heavy atom. The molecular formula is C21H28N6O. The molecule has 0 unspecified atom stereocenters. The summed E-state index contributed by atoms with van der Waals surface area (Å²) in [5, 5.41) is 6.92. The maximum absolute atomic E-state index is 6.92. The van der Waals surface area contributed by atoms with E-state index in [1.807, 2.05) is 68.4 Å². The van der Waals surface area contributed by atoms with Crippen LogP contribution >= 0.6 is 0 Å². The number of anilines is 2. The molecule has 2 aromatic heterocycles. The molecule has 0 saturated heterocycles. The van der Waals surface area contributed by atoms with Gasteiger partial charge in [-0.15, -0.1) is 0 Å². The summed E-state index contributed by atoms with van der Waals surface area (Å²) >= 11 is 0. The van der Waals surface area contributed by atoms with Gasteiger partial charge in [0.15, 0.2) is 0 Å². The van der Waals surface area contributed by atoms with Crippen LogP contribution in [0.5, 0.6) is 6.01 Å². The first-order chi connectivity index (χ1) is 13.5. The minimum absolute atomic E-state index is 0. The first kappa shape index (κ1) is 20.8. The summed E-state index contributed by atoms with van der Waals surface area (Å²) in [6.07, 6.45) is 3.82. The molecule has 0 atom stereocenters. The van der Waals surface area contributed by atoms with Crippen molar-refractivity contribution in [1.29, 1.82) is 5.41 Å². The molecule has 3 N–H and O–H groups in total. The van der Waals surface area contributed by atoms with E-state index in [-0.39, 0.29) is 1.43 Å². The predicted octanol–water partition coefficient (Wildman–Crippen LogP) is 3.38. The standard InChI is InChI=1S/C13H17N5O.C8H9N.H2/c1-18(2)12-9-11(14)16-13(17-12)19-8-6-10-5-3-4-7-15-10;1-7-3-2-4-8(5-7)6-9;/h3-5,7,9H,6,8H2,1-2H3,(H2,14,16,17);2-6,9H,1H3;1H. The van der Waals surface area contributed by atoms with E-state index in [0.717, 1.165) is 17.1 Å². The van der Waals surface area contributed by atoms with Gasteiger partial charge in [-0.25, -0.2) is 0 Å². The lowest BCUT2D eigenvalue weighted by Gasteiger charge is -2.13. The zero-order chi connectivity index (χ0) is 20.4. The highest BCUT2D eigenvalue weighted by atomic mass is 16.5. The number of aryl methyl sites for hydroxylation is 1.